The monoisotopic (exact) mass is 430 g/mol. The lowest BCUT2D eigenvalue weighted by Gasteiger charge is -2.04. The van der Waals surface area contributed by atoms with E-state index in [9.17, 15) is 10.1 Å². The van der Waals surface area contributed by atoms with Crippen LogP contribution in [0.1, 0.15) is 32.3 Å². The molecule has 0 spiro atoms. The third-order valence-electron chi connectivity index (χ3n) is 4.66. The van der Waals surface area contributed by atoms with Crippen LogP contribution >= 0.6 is 11.8 Å². The number of likely N-dealkylation sites (N-methyl/N-ethyl adjacent to an activating group) is 1. The number of aromatic nitrogens is 2. The Hall–Kier alpha value is -3.30. The quantitative estimate of drug-likeness (QED) is 0.211. The second-order valence-corrected chi connectivity index (χ2v) is 8.14. The van der Waals surface area contributed by atoms with Crippen molar-refractivity contribution < 1.29 is 4.79 Å². The normalized spacial score (nSPS) is 11.2. The summed E-state index contributed by atoms with van der Waals surface area (Å²) in [5.41, 5.74) is 3.35. The highest BCUT2D eigenvalue weighted by molar-refractivity contribution is 7.99. The molecule has 0 unspecified atom stereocenters. The van der Waals surface area contributed by atoms with Crippen molar-refractivity contribution in [3.05, 3.63) is 71.9 Å². The third kappa shape index (κ3) is 5.87. The van der Waals surface area contributed by atoms with E-state index in [1.807, 2.05) is 73.4 Å². The van der Waals surface area contributed by atoms with E-state index < -0.39 is 0 Å². The van der Waals surface area contributed by atoms with Gasteiger partial charge in [-0.15, -0.1) is 11.8 Å². The van der Waals surface area contributed by atoms with Gasteiger partial charge in [0.15, 0.2) is 0 Å². The molecule has 5 nitrogen and oxygen atoms in total. The first kappa shape index (κ1) is 22.4. The lowest BCUT2D eigenvalue weighted by Crippen LogP contribution is -2.23. The number of benzene rings is 2. The molecule has 0 aliphatic heterocycles. The number of para-hydroxylation sites is 1. The second-order valence-electron chi connectivity index (χ2n) is 6.97. The zero-order valence-corrected chi connectivity index (χ0v) is 18.7. The van der Waals surface area contributed by atoms with Gasteiger partial charge in [-0.25, -0.2) is 4.68 Å². The van der Waals surface area contributed by atoms with E-state index >= 15 is 0 Å². The van der Waals surface area contributed by atoms with Crippen molar-refractivity contribution in [3.8, 4) is 23.0 Å². The Labute approximate surface area is 187 Å². The summed E-state index contributed by atoms with van der Waals surface area (Å²) in [5.74, 6) is 0.718. The molecule has 6 heteroatoms. The molecule has 0 bridgehead atoms. The average molecular weight is 431 g/mol. The number of unbranched alkanes of at least 4 members (excludes halogenated alkanes) is 1. The molecular weight excluding hydrogens is 404 g/mol. The molecule has 2 aromatic carbocycles. The Morgan fingerprint density at radius 2 is 1.90 bits per heavy atom. The Balaban J connectivity index is 2.01. The number of carbonyl (C=O) groups is 1. The smallest absolute Gasteiger partial charge is 0.261 e. The fourth-order valence-electron chi connectivity index (χ4n) is 3.03. The minimum Gasteiger partial charge on any atom is -0.352 e. The summed E-state index contributed by atoms with van der Waals surface area (Å²) >= 11 is 1.85. The molecule has 0 aliphatic carbocycles. The first-order valence-corrected chi connectivity index (χ1v) is 11.4. The maximum Gasteiger partial charge on any atom is 0.261 e. The molecule has 0 saturated heterocycles. The molecule has 0 atom stereocenters. The Kier molecular flexibility index (Phi) is 8.08. The highest BCUT2D eigenvalue weighted by Gasteiger charge is 2.15. The van der Waals surface area contributed by atoms with Gasteiger partial charge in [0.25, 0.3) is 5.91 Å². The van der Waals surface area contributed by atoms with Crippen LogP contribution in [0.25, 0.3) is 23.0 Å². The predicted octanol–water partition coefficient (Wildman–Crippen LogP) is 5.47. The van der Waals surface area contributed by atoms with Crippen LogP contribution in [0.5, 0.6) is 0 Å². The Bertz CT molecular complexity index is 1080. The van der Waals surface area contributed by atoms with E-state index in [0.29, 0.717) is 6.54 Å². The molecule has 1 N–H and O–H groups in total. The molecule has 1 heterocycles. The van der Waals surface area contributed by atoms with E-state index in [4.69, 9.17) is 5.10 Å². The van der Waals surface area contributed by atoms with Gasteiger partial charge in [0.05, 0.1) is 11.4 Å². The van der Waals surface area contributed by atoms with Gasteiger partial charge in [-0.1, -0.05) is 43.7 Å². The van der Waals surface area contributed by atoms with Gasteiger partial charge < -0.3 is 5.32 Å². The van der Waals surface area contributed by atoms with Crippen LogP contribution in [-0.4, -0.2) is 28.0 Å². The fourth-order valence-corrected chi connectivity index (χ4v) is 4.03. The summed E-state index contributed by atoms with van der Waals surface area (Å²) in [5, 5.41) is 17.0. The molecule has 0 saturated carbocycles. The van der Waals surface area contributed by atoms with Crippen LogP contribution in [0.3, 0.4) is 0 Å². The summed E-state index contributed by atoms with van der Waals surface area (Å²) < 4.78 is 1.78. The van der Waals surface area contributed by atoms with Gasteiger partial charge in [-0.05, 0) is 49.4 Å². The van der Waals surface area contributed by atoms with Crippen molar-refractivity contribution in [2.24, 2.45) is 0 Å². The Morgan fingerprint density at radius 3 is 2.55 bits per heavy atom. The van der Waals surface area contributed by atoms with Crippen LogP contribution in [0.15, 0.2) is 71.3 Å². The summed E-state index contributed by atoms with van der Waals surface area (Å²) in [6.45, 7) is 4.48. The minimum absolute atomic E-state index is 0.0578. The molecule has 3 rings (SSSR count). The van der Waals surface area contributed by atoms with E-state index in [1.54, 1.807) is 10.8 Å². The third-order valence-corrected chi connectivity index (χ3v) is 5.76. The molecule has 0 fully saturated rings. The van der Waals surface area contributed by atoms with E-state index in [2.05, 4.69) is 24.4 Å². The lowest BCUT2D eigenvalue weighted by molar-refractivity contribution is -0.116. The summed E-state index contributed by atoms with van der Waals surface area (Å²) in [6, 6.07) is 20.1. The van der Waals surface area contributed by atoms with Crippen LogP contribution in [0.2, 0.25) is 0 Å². The lowest BCUT2D eigenvalue weighted by atomic mass is 10.1. The van der Waals surface area contributed by atoms with Gasteiger partial charge in [0.2, 0.25) is 0 Å². The van der Waals surface area contributed by atoms with Gasteiger partial charge in [0, 0.05) is 28.8 Å². The highest BCUT2D eigenvalue weighted by Crippen LogP contribution is 2.28. The molecule has 0 radical (unpaired) electrons. The standard InChI is InChI=1S/C25H26N4OS/c1-3-5-15-31-23-13-11-19(12-14-23)24-21(16-20(17-26)25(30)27-4-2)18-29(28-24)22-9-7-6-8-10-22/h6-14,16,18H,3-5,15H2,1-2H3,(H,27,30)/b20-16-. The number of hydrogen-bond acceptors (Lipinski definition) is 4. The van der Waals surface area contributed by atoms with Gasteiger partial charge >= 0.3 is 0 Å². The van der Waals surface area contributed by atoms with Crippen molar-refractivity contribution >= 4 is 23.7 Å². The molecule has 1 amide bonds. The van der Waals surface area contributed by atoms with Crippen molar-refractivity contribution in [1.29, 1.82) is 5.26 Å². The topological polar surface area (TPSA) is 70.7 Å². The number of thioether (sulfide) groups is 1. The van der Waals surface area contributed by atoms with Crippen molar-refractivity contribution in [2.75, 3.05) is 12.3 Å². The predicted molar refractivity (Wildman–Crippen MR) is 127 cm³/mol. The van der Waals surface area contributed by atoms with Gasteiger partial charge in [-0.3, -0.25) is 4.79 Å². The number of amides is 1. The molecule has 31 heavy (non-hydrogen) atoms. The minimum atomic E-state index is -0.383. The second kappa shape index (κ2) is 11.2. The number of rotatable bonds is 9. The summed E-state index contributed by atoms with van der Waals surface area (Å²) in [6.07, 6.45) is 5.84. The van der Waals surface area contributed by atoms with E-state index in [1.165, 1.54) is 17.7 Å². The van der Waals surface area contributed by atoms with Crippen molar-refractivity contribution in [2.45, 2.75) is 31.6 Å². The Morgan fingerprint density at radius 1 is 1.16 bits per heavy atom. The fraction of sp³-hybridized carbons (Fsp3) is 0.240. The largest absolute Gasteiger partial charge is 0.352 e. The van der Waals surface area contributed by atoms with Crippen LogP contribution < -0.4 is 5.32 Å². The van der Waals surface area contributed by atoms with Crippen LogP contribution in [0, 0.1) is 11.3 Å². The van der Waals surface area contributed by atoms with E-state index in [-0.39, 0.29) is 11.5 Å². The van der Waals surface area contributed by atoms with Crippen molar-refractivity contribution in [1.82, 2.24) is 15.1 Å². The molecule has 0 aliphatic rings. The maximum absolute atomic E-state index is 12.2. The van der Waals surface area contributed by atoms with Crippen molar-refractivity contribution in [3.63, 3.8) is 0 Å². The zero-order chi connectivity index (χ0) is 22.1. The number of nitrogens with one attached hydrogen (secondary N) is 1. The molecule has 1 aromatic heterocycles. The maximum atomic E-state index is 12.2. The number of carbonyl (C=O) groups excluding carboxylic acids is 1. The van der Waals surface area contributed by atoms with E-state index in [0.717, 1.165) is 28.3 Å². The first-order chi connectivity index (χ1) is 15.2. The van der Waals surface area contributed by atoms with Crippen LogP contribution in [0.4, 0.5) is 0 Å². The zero-order valence-electron chi connectivity index (χ0n) is 17.8. The summed E-state index contributed by atoms with van der Waals surface area (Å²) in [4.78, 5) is 13.5. The number of nitrogens with zero attached hydrogens (tertiary/aromatic N) is 3. The average Bonchev–Trinajstić information content (AvgIpc) is 3.23. The summed E-state index contributed by atoms with van der Waals surface area (Å²) in [7, 11) is 0. The number of nitriles is 1. The SMILES string of the molecule is CCCCSc1ccc(-c2nn(-c3ccccc3)cc2/C=C(/C#N)C(=O)NCC)cc1. The van der Waals surface area contributed by atoms with Gasteiger partial charge in [0.1, 0.15) is 11.6 Å². The highest BCUT2D eigenvalue weighted by atomic mass is 32.2. The molecule has 3 aromatic rings. The molecular formula is C25H26N4OS. The number of hydrogen-bond donors (Lipinski definition) is 1. The van der Waals surface area contributed by atoms with Crippen LogP contribution in [-0.2, 0) is 4.79 Å². The molecule has 158 valence electrons. The van der Waals surface area contributed by atoms with Gasteiger partial charge in [-0.2, -0.15) is 10.4 Å². The first-order valence-electron chi connectivity index (χ1n) is 10.4.